The van der Waals surface area contributed by atoms with E-state index in [2.05, 4.69) is 5.32 Å². The summed E-state index contributed by atoms with van der Waals surface area (Å²) >= 11 is 0. The molecule has 0 bridgehead atoms. The first-order valence-electron chi connectivity index (χ1n) is 7.60. The van der Waals surface area contributed by atoms with Gasteiger partial charge in [-0.25, -0.2) is 0 Å². The Bertz CT molecular complexity index is 519. The van der Waals surface area contributed by atoms with Gasteiger partial charge in [-0.2, -0.15) is 0 Å². The molecule has 21 heavy (non-hydrogen) atoms. The topological polar surface area (TPSA) is 55.4 Å². The zero-order chi connectivity index (χ0) is 15.2. The second kappa shape index (κ2) is 7.25. The highest BCUT2D eigenvalue weighted by Crippen LogP contribution is 2.24. The summed E-state index contributed by atoms with van der Waals surface area (Å²) < 4.78 is 5.13. The van der Waals surface area contributed by atoms with Crippen molar-refractivity contribution in [3.05, 3.63) is 29.3 Å². The molecule has 1 aliphatic carbocycles. The zero-order valence-electron chi connectivity index (χ0n) is 12.8. The van der Waals surface area contributed by atoms with Gasteiger partial charge in [-0.3, -0.25) is 9.59 Å². The summed E-state index contributed by atoms with van der Waals surface area (Å²) in [6, 6.07) is 5.74. The van der Waals surface area contributed by atoms with Gasteiger partial charge in [-0.05, 0) is 43.9 Å². The van der Waals surface area contributed by atoms with Crippen molar-refractivity contribution in [2.45, 2.75) is 46.0 Å². The number of carbonyl (C=O) groups is 2. The summed E-state index contributed by atoms with van der Waals surface area (Å²) in [5, 5.41) is 2.79. The van der Waals surface area contributed by atoms with Crippen LogP contribution in [0.3, 0.4) is 0 Å². The number of ether oxygens (including phenoxy) is 1. The molecule has 0 aromatic heterocycles. The molecule has 0 radical (unpaired) electrons. The van der Waals surface area contributed by atoms with Crippen molar-refractivity contribution >= 4 is 17.6 Å². The van der Waals surface area contributed by atoms with E-state index in [1.54, 1.807) is 0 Å². The van der Waals surface area contributed by atoms with E-state index in [1.807, 2.05) is 32.0 Å². The molecule has 0 unspecified atom stereocenters. The molecule has 4 nitrogen and oxygen atoms in total. The van der Waals surface area contributed by atoms with Gasteiger partial charge in [0.2, 0.25) is 0 Å². The Labute approximate surface area is 125 Å². The van der Waals surface area contributed by atoms with Crippen molar-refractivity contribution in [3.8, 4) is 0 Å². The third-order valence-corrected chi connectivity index (χ3v) is 4.16. The van der Waals surface area contributed by atoms with Gasteiger partial charge in [-0.1, -0.05) is 31.4 Å². The van der Waals surface area contributed by atoms with Crippen LogP contribution in [0.2, 0.25) is 0 Å². The quantitative estimate of drug-likeness (QED) is 0.865. The molecule has 0 atom stereocenters. The van der Waals surface area contributed by atoms with Crippen molar-refractivity contribution in [1.82, 2.24) is 0 Å². The molecule has 0 saturated heterocycles. The molecule has 2 rings (SSSR count). The first-order chi connectivity index (χ1) is 10.1. The fraction of sp³-hybridized carbons (Fsp3) is 0.529. The van der Waals surface area contributed by atoms with Gasteiger partial charge >= 0.3 is 5.97 Å². The van der Waals surface area contributed by atoms with Crippen molar-refractivity contribution in [2.75, 3.05) is 11.9 Å². The molecule has 1 fully saturated rings. The molecule has 1 aromatic carbocycles. The van der Waals surface area contributed by atoms with Gasteiger partial charge in [0.15, 0.2) is 6.61 Å². The highest BCUT2D eigenvalue weighted by Gasteiger charge is 2.23. The van der Waals surface area contributed by atoms with E-state index in [-0.39, 0.29) is 24.4 Å². The van der Waals surface area contributed by atoms with Crippen LogP contribution < -0.4 is 5.32 Å². The molecule has 1 aromatic rings. The summed E-state index contributed by atoms with van der Waals surface area (Å²) in [4.78, 5) is 23.7. The fourth-order valence-electron chi connectivity index (χ4n) is 2.67. The lowest BCUT2D eigenvalue weighted by Gasteiger charge is -2.19. The number of carbonyl (C=O) groups excluding carboxylic acids is 2. The van der Waals surface area contributed by atoms with Crippen molar-refractivity contribution in [3.63, 3.8) is 0 Å². The highest BCUT2D eigenvalue weighted by atomic mass is 16.5. The van der Waals surface area contributed by atoms with E-state index in [4.69, 9.17) is 4.74 Å². The van der Waals surface area contributed by atoms with E-state index < -0.39 is 0 Å². The normalized spacial score (nSPS) is 15.5. The second-order valence-corrected chi connectivity index (χ2v) is 5.74. The van der Waals surface area contributed by atoms with Crippen molar-refractivity contribution in [2.24, 2.45) is 5.92 Å². The smallest absolute Gasteiger partial charge is 0.309 e. The molecule has 1 N–H and O–H groups in total. The molecule has 0 aliphatic heterocycles. The number of aryl methyl sites for hydroxylation is 1. The second-order valence-electron chi connectivity index (χ2n) is 5.74. The predicted octanol–water partition coefficient (Wildman–Crippen LogP) is 3.37. The van der Waals surface area contributed by atoms with Gasteiger partial charge < -0.3 is 10.1 Å². The Kier molecular flexibility index (Phi) is 5.37. The third-order valence-electron chi connectivity index (χ3n) is 4.16. The molecule has 1 aliphatic rings. The lowest BCUT2D eigenvalue weighted by Crippen LogP contribution is -2.26. The molecule has 1 saturated carbocycles. The molecule has 4 heteroatoms. The number of hydrogen-bond donors (Lipinski definition) is 1. The molecule has 114 valence electrons. The van der Waals surface area contributed by atoms with Gasteiger partial charge in [0, 0.05) is 5.69 Å². The number of nitrogens with one attached hydrogen (secondary N) is 1. The minimum Gasteiger partial charge on any atom is -0.455 e. The van der Waals surface area contributed by atoms with Crippen molar-refractivity contribution < 1.29 is 14.3 Å². The van der Waals surface area contributed by atoms with E-state index >= 15 is 0 Å². The third kappa shape index (κ3) is 4.31. The van der Waals surface area contributed by atoms with E-state index in [1.165, 1.54) is 6.42 Å². The van der Waals surface area contributed by atoms with Crippen LogP contribution in [0.5, 0.6) is 0 Å². The van der Waals surface area contributed by atoms with Crippen LogP contribution in [0.25, 0.3) is 0 Å². The number of rotatable bonds is 4. The van der Waals surface area contributed by atoms with Crippen LogP contribution in [0, 0.1) is 19.8 Å². The molecule has 0 heterocycles. The van der Waals surface area contributed by atoms with Crippen LogP contribution in [0.1, 0.15) is 43.2 Å². The summed E-state index contributed by atoms with van der Waals surface area (Å²) in [5.74, 6) is -0.536. The Morgan fingerprint density at radius 1 is 1.19 bits per heavy atom. The Morgan fingerprint density at radius 2 is 1.90 bits per heavy atom. The lowest BCUT2D eigenvalue weighted by molar-refractivity contribution is -0.152. The van der Waals surface area contributed by atoms with Crippen LogP contribution in [-0.4, -0.2) is 18.5 Å². The monoisotopic (exact) mass is 289 g/mol. The molecular formula is C17H23NO3. The number of amides is 1. The zero-order valence-corrected chi connectivity index (χ0v) is 12.8. The minimum atomic E-state index is -0.284. The first kappa shape index (κ1) is 15.5. The minimum absolute atomic E-state index is 0.0211. The lowest BCUT2D eigenvalue weighted by atomic mass is 9.89. The summed E-state index contributed by atoms with van der Waals surface area (Å²) in [7, 11) is 0. The summed E-state index contributed by atoms with van der Waals surface area (Å²) in [5.41, 5.74) is 2.92. The number of esters is 1. The standard InChI is InChI=1S/C17H23NO3/c1-12-7-6-10-15(13(12)2)18-16(19)11-21-17(20)14-8-4-3-5-9-14/h6-7,10,14H,3-5,8-9,11H2,1-2H3,(H,18,19). The number of hydrogen-bond acceptors (Lipinski definition) is 3. The van der Waals surface area contributed by atoms with Crippen LogP contribution in [-0.2, 0) is 14.3 Å². The average Bonchev–Trinajstić information content (AvgIpc) is 2.50. The Hall–Kier alpha value is -1.84. The molecular weight excluding hydrogens is 266 g/mol. The maximum atomic E-state index is 11.9. The SMILES string of the molecule is Cc1cccc(NC(=O)COC(=O)C2CCCCC2)c1C. The van der Waals surface area contributed by atoms with E-state index in [0.717, 1.165) is 42.5 Å². The highest BCUT2D eigenvalue weighted by molar-refractivity contribution is 5.93. The average molecular weight is 289 g/mol. The van der Waals surface area contributed by atoms with Crippen LogP contribution in [0.15, 0.2) is 18.2 Å². The first-order valence-corrected chi connectivity index (χ1v) is 7.60. The van der Waals surface area contributed by atoms with Crippen molar-refractivity contribution in [1.29, 1.82) is 0 Å². The van der Waals surface area contributed by atoms with Crippen LogP contribution >= 0.6 is 0 Å². The van der Waals surface area contributed by atoms with E-state index in [0.29, 0.717) is 0 Å². The largest absolute Gasteiger partial charge is 0.455 e. The Morgan fingerprint density at radius 3 is 2.62 bits per heavy atom. The maximum Gasteiger partial charge on any atom is 0.309 e. The molecule has 0 spiro atoms. The van der Waals surface area contributed by atoms with Gasteiger partial charge in [0.25, 0.3) is 5.91 Å². The molecule has 1 amide bonds. The van der Waals surface area contributed by atoms with E-state index in [9.17, 15) is 9.59 Å². The van der Waals surface area contributed by atoms with Gasteiger partial charge in [-0.15, -0.1) is 0 Å². The van der Waals surface area contributed by atoms with Gasteiger partial charge in [0.1, 0.15) is 0 Å². The van der Waals surface area contributed by atoms with Gasteiger partial charge in [0.05, 0.1) is 5.92 Å². The number of benzene rings is 1. The Balaban J connectivity index is 1.81. The number of anilines is 1. The predicted molar refractivity (Wildman–Crippen MR) is 82.1 cm³/mol. The fourth-order valence-corrected chi connectivity index (χ4v) is 2.67. The summed E-state index contributed by atoms with van der Waals surface area (Å²) in [6.45, 7) is 3.75. The summed E-state index contributed by atoms with van der Waals surface area (Å²) in [6.07, 6.45) is 5.12. The van der Waals surface area contributed by atoms with Crippen LogP contribution in [0.4, 0.5) is 5.69 Å². The maximum absolute atomic E-state index is 11.9.